The number of fused-ring (bicyclic) bond motifs is 1. The zero-order valence-corrected chi connectivity index (χ0v) is 10.7. The van der Waals surface area contributed by atoms with E-state index < -0.39 is 5.97 Å². The second-order valence-corrected chi connectivity index (χ2v) is 4.45. The van der Waals surface area contributed by atoms with Crippen LogP contribution in [0.4, 0.5) is 5.82 Å². The molecule has 0 fully saturated rings. The molecule has 2 heterocycles. The number of carboxylic acid groups (broad SMARTS) is 1. The lowest BCUT2D eigenvalue weighted by Crippen LogP contribution is -2.30. The van der Waals surface area contributed by atoms with E-state index in [1.165, 1.54) is 0 Å². The van der Waals surface area contributed by atoms with Crippen LogP contribution >= 0.6 is 0 Å². The zero-order valence-electron chi connectivity index (χ0n) is 10.7. The van der Waals surface area contributed by atoms with E-state index in [4.69, 9.17) is 5.11 Å². The molecule has 1 aliphatic heterocycles. The van der Waals surface area contributed by atoms with Gasteiger partial charge in [-0.1, -0.05) is 6.92 Å². The van der Waals surface area contributed by atoms with Crippen LogP contribution in [0.2, 0.25) is 0 Å². The van der Waals surface area contributed by atoms with Crippen molar-refractivity contribution in [1.29, 1.82) is 0 Å². The highest BCUT2D eigenvalue weighted by Crippen LogP contribution is 2.23. The van der Waals surface area contributed by atoms with Crippen LogP contribution < -0.4 is 10.2 Å². The normalized spacial score (nSPS) is 14.1. The van der Waals surface area contributed by atoms with E-state index in [0.29, 0.717) is 6.54 Å². The maximum Gasteiger partial charge on any atom is 0.374 e. The minimum atomic E-state index is -1.07. The van der Waals surface area contributed by atoms with Gasteiger partial charge in [0.25, 0.3) is 0 Å². The van der Waals surface area contributed by atoms with E-state index in [0.717, 1.165) is 43.0 Å². The summed E-state index contributed by atoms with van der Waals surface area (Å²) < 4.78 is 0. The van der Waals surface area contributed by atoms with Crippen LogP contribution in [-0.2, 0) is 13.0 Å². The molecule has 2 rings (SSSR count). The highest BCUT2D eigenvalue weighted by atomic mass is 16.4. The largest absolute Gasteiger partial charge is 0.475 e. The fourth-order valence-electron chi connectivity index (χ4n) is 2.18. The number of carbonyl (C=O) groups is 1. The van der Waals surface area contributed by atoms with Crippen LogP contribution in [0.5, 0.6) is 0 Å². The molecule has 0 radical (unpaired) electrons. The Hall–Kier alpha value is -1.69. The molecule has 0 atom stereocenters. The molecular formula is C12H18N4O2. The number of rotatable bonds is 4. The highest BCUT2D eigenvalue weighted by molar-refractivity contribution is 5.84. The fraction of sp³-hybridized carbons (Fsp3) is 0.583. The zero-order chi connectivity index (χ0) is 13.1. The Bertz CT molecular complexity index is 462. The van der Waals surface area contributed by atoms with Crippen molar-refractivity contribution in [3.63, 3.8) is 0 Å². The Kier molecular flexibility index (Phi) is 3.76. The predicted molar refractivity (Wildman–Crippen MR) is 68.0 cm³/mol. The molecule has 0 aliphatic carbocycles. The van der Waals surface area contributed by atoms with E-state index in [-0.39, 0.29) is 5.82 Å². The second kappa shape index (κ2) is 5.30. The molecule has 1 aliphatic rings. The van der Waals surface area contributed by atoms with Crippen molar-refractivity contribution < 1.29 is 9.90 Å². The van der Waals surface area contributed by atoms with Crippen molar-refractivity contribution >= 4 is 11.8 Å². The van der Waals surface area contributed by atoms with Crippen molar-refractivity contribution in [2.24, 2.45) is 0 Å². The van der Waals surface area contributed by atoms with E-state index in [9.17, 15) is 4.79 Å². The number of aromatic nitrogens is 2. The number of aromatic carboxylic acids is 1. The molecule has 0 saturated heterocycles. The summed E-state index contributed by atoms with van der Waals surface area (Å²) in [7, 11) is 1.94. The van der Waals surface area contributed by atoms with Gasteiger partial charge in [-0.2, -0.15) is 0 Å². The number of carboxylic acids is 1. The molecule has 0 aromatic carbocycles. The van der Waals surface area contributed by atoms with Crippen LogP contribution in [0, 0.1) is 0 Å². The van der Waals surface area contributed by atoms with Crippen molar-refractivity contribution in [3.05, 3.63) is 17.1 Å². The van der Waals surface area contributed by atoms with Crippen molar-refractivity contribution in [2.45, 2.75) is 26.3 Å². The van der Waals surface area contributed by atoms with Gasteiger partial charge in [0.15, 0.2) is 0 Å². The molecule has 6 heteroatoms. The summed E-state index contributed by atoms with van der Waals surface area (Å²) in [4.78, 5) is 21.4. The number of nitrogens with one attached hydrogen (secondary N) is 1. The van der Waals surface area contributed by atoms with Gasteiger partial charge in [-0.05, 0) is 6.42 Å². The van der Waals surface area contributed by atoms with Gasteiger partial charge >= 0.3 is 5.97 Å². The molecular weight excluding hydrogens is 232 g/mol. The van der Waals surface area contributed by atoms with Crippen LogP contribution in [0.3, 0.4) is 0 Å². The first-order valence-electron chi connectivity index (χ1n) is 6.18. The molecule has 1 aromatic heterocycles. The molecule has 0 unspecified atom stereocenters. The Morgan fingerprint density at radius 2 is 2.28 bits per heavy atom. The summed E-state index contributed by atoms with van der Waals surface area (Å²) in [6, 6.07) is 0. The smallest absolute Gasteiger partial charge is 0.374 e. The molecule has 6 nitrogen and oxygen atoms in total. The van der Waals surface area contributed by atoms with E-state index in [1.807, 2.05) is 11.9 Å². The van der Waals surface area contributed by atoms with Crippen LogP contribution in [0.25, 0.3) is 0 Å². The van der Waals surface area contributed by atoms with Crippen molar-refractivity contribution in [1.82, 2.24) is 15.3 Å². The van der Waals surface area contributed by atoms with Gasteiger partial charge in [0.2, 0.25) is 5.82 Å². The predicted octanol–water partition coefficient (Wildman–Crippen LogP) is 0.667. The topological polar surface area (TPSA) is 78.4 Å². The third-order valence-electron chi connectivity index (χ3n) is 3.02. The average molecular weight is 250 g/mol. The van der Waals surface area contributed by atoms with Gasteiger partial charge in [-0.15, -0.1) is 0 Å². The van der Waals surface area contributed by atoms with Crippen LogP contribution in [-0.4, -0.2) is 41.2 Å². The van der Waals surface area contributed by atoms with E-state index in [1.54, 1.807) is 0 Å². The van der Waals surface area contributed by atoms with Gasteiger partial charge in [0.1, 0.15) is 5.82 Å². The number of hydrogen-bond acceptors (Lipinski definition) is 5. The molecule has 0 amide bonds. The summed E-state index contributed by atoms with van der Waals surface area (Å²) in [6.07, 6.45) is 1.75. The molecule has 98 valence electrons. The van der Waals surface area contributed by atoms with Crippen molar-refractivity contribution in [3.8, 4) is 0 Å². The van der Waals surface area contributed by atoms with Crippen LogP contribution in [0.1, 0.15) is 35.2 Å². The fourth-order valence-corrected chi connectivity index (χ4v) is 2.18. The van der Waals surface area contributed by atoms with Crippen molar-refractivity contribution in [2.75, 3.05) is 25.0 Å². The average Bonchev–Trinajstić information content (AvgIpc) is 2.37. The molecule has 2 N–H and O–H groups in total. The molecule has 1 aromatic rings. The van der Waals surface area contributed by atoms with E-state index in [2.05, 4.69) is 22.2 Å². The minimum absolute atomic E-state index is 0.103. The molecule has 0 saturated carbocycles. The lowest BCUT2D eigenvalue weighted by molar-refractivity contribution is 0.0683. The highest BCUT2D eigenvalue weighted by Gasteiger charge is 2.21. The Labute approximate surface area is 106 Å². The molecule has 0 bridgehead atoms. The third kappa shape index (κ3) is 2.43. The van der Waals surface area contributed by atoms with Gasteiger partial charge in [-0.3, -0.25) is 0 Å². The first-order valence-corrected chi connectivity index (χ1v) is 6.18. The lowest BCUT2D eigenvalue weighted by Gasteiger charge is -2.25. The second-order valence-electron chi connectivity index (χ2n) is 4.45. The van der Waals surface area contributed by atoms with Crippen LogP contribution in [0.15, 0.2) is 0 Å². The lowest BCUT2D eigenvalue weighted by atomic mass is 10.1. The standard InChI is InChI=1S/C12H18N4O2/c1-3-6-16(2)11-8-7-13-5-4-9(8)14-10(15-11)12(17)18/h13H,3-7H2,1-2H3,(H,17,18). The Morgan fingerprint density at radius 1 is 1.50 bits per heavy atom. The quantitative estimate of drug-likeness (QED) is 0.817. The summed E-state index contributed by atoms with van der Waals surface area (Å²) in [5, 5.41) is 12.3. The Balaban J connectivity index is 2.47. The minimum Gasteiger partial charge on any atom is -0.475 e. The monoisotopic (exact) mass is 250 g/mol. The van der Waals surface area contributed by atoms with E-state index >= 15 is 0 Å². The third-order valence-corrected chi connectivity index (χ3v) is 3.02. The number of hydrogen-bond donors (Lipinski definition) is 2. The van der Waals surface area contributed by atoms with Gasteiger partial charge in [0.05, 0.1) is 5.69 Å². The molecule has 0 spiro atoms. The maximum absolute atomic E-state index is 11.1. The summed E-state index contributed by atoms with van der Waals surface area (Å²) >= 11 is 0. The number of anilines is 1. The van der Waals surface area contributed by atoms with Gasteiger partial charge < -0.3 is 15.3 Å². The number of nitrogens with zero attached hydrogens (tertiary/aromatic N) is 3. The summed E-state index contributed by atoms with van der Waals surface area (Å²) in [6.45, 7) is 4.47. The summed E-state index contributed by atoms with van der Waals surface area (Å²) in [5.41, 5.74) is 1.89. The maximum atomic E-state index is 11.1. The Morgan fingerprint density at radius 3 is 2.94 bits per heavy atom. The SMILES string of the molecule is CCCN(C)c1nc(C(=O)O)nc2c1CNCC2. The van der Waals surface area contributed by atoms with Gasteiger partial charge in [0, 0.05) is 38.7 Å². The van der Waals surface area contributed by atoms with Gasteiger partial charge in [-0.25, -0.2) is 14.8 Å². The first kappa shape index (κ1) is 12.8. The summed E-state index contributed by atoms with van der Waals surface area (Å²) in [5.74, 6) is -0.428. The first-order chi connectivity index (χ1) is 8.63. The molecule has 18 heavy (non-hydrogen) atoms.